The summed E-state index contributed by atoms with van der Waals surface area (Å²) in [4.78, 5) is 41.8. The van der Waals surface area contributed by atoms with Gasteiger partial charge in [-0.2, -0.15) is 0 Å². The van der Waals surface area contributed by atoms with Gasteiger partial charge in [-0.05, 0) is 48.7 Å². The van der Waals surface area contributed by atoms with Crippen LogP contribution in [-0.4, -0.2) is 57.8 Å². The van der Waals surface area contributed by atoms with Crippen molar-refractivity contribution in [2.45, 2.75) is 32.9 Å². The molecule has 5 rings (SSSR count). The Hall–Kier alpha value is -4.10. The number of nitrogens with zero attached hydrogens (tertiary/aromatic N) is 5. The first kappa shape index (κ1) is 25.5. The van der Waals surface area contributed by atoms with E-state index in [2.05, 4.69) is 14.9 Å². The van der Waals surface area contributed by atoms with Crippen LogP contribution in [0.3, 0.4) is 0 Å². The molecule has 0 saturated carbocycles. The van der Waals surface area contributed by atoms with E-state index in [0.29, 0.717) is 25.3 Å². The number of hydrogen-bond acceptors (Lipinski definition) is 5. The summed E-state index contributed by atoms with van der Waals surface area (Å²) in [6, 6.07) is 25.5. The molecule has 0 aliphatic carbocycles. The second-order valence-corrected chi connectivity index (χ2v) is 9.72. The highest BCUT2D eigenvalue weighted by Crippen LogP contribution is 2.25. The monoisotopic (exact) mass is 507 g/mol. The largest absolute Gasteiger partial charge is 0.333 e. The molecule has 2 amide bonds. The molecule has 2 aromatic heterocycles. The van der Waals surface area contributed by atoms with Crippen LogP contribution >= 0.6 is 0 Å². The van der Waals surface area contributed by atoms with Crippen molar-refractivity contribution in [1.82, 2.24) is 19.8 Å². The molecule has 0 N–H and O–H groups in total. The first-order valence-corrected chi connectivity index (χ1v) is 13.2. The maximum absolute atomic E-state index is 13.8. The molecule has 194 valence electrons. The summed E-state index contributed by atoms with van der Waals surface area (Å²) in [5, 5.41) is 1.00. The molecule has 0 spiro atoms. The van der Waals surface area contributed by atoms with Gasteiger partial charge in [0, 0.05) is 63.5 Å². The van der Waals surface area contributed by atoms with E-state index in [4.69, 9.17) is 0 Å². The number of benzene rings is 2. The van der Waals surface area contributed by atoms with Crippen LogP contribution in [0.25, 0.3) is 10.9 Å². The zero-order valence-corrected chi connectivity index (χ0v) is 21.8. The Kier molecular flexibility index (Phi) is 8.04. The molecule has 4 aromatic rings. The average Bonchev–Trinajstić information content (AvgIpc) is 2.94. The molecular weight excluding hydrogens is 474 g/mol. The van der Waals surface area contributed by atoms with Crippen molar-refractivity contribution in [1.29, 1.82) is 0 Å². The normalized spacial score (nSPS) is 15.4. The summed E-state index contributed by atoms with van der Waals surface area (Å²) in [5.41, 5.74) is 4.07. The zero-order chi connectivity index (χ0) is 26.3. The number of anilines is 1. The minimum absolute atomic E-state index is 0.000132. The Bertz CT molecular complexity index is 1410. The van der Waals surface area contributed by atoms with Gasteiger partial charge >= 0.3 is 0 Å². The Morgan fingerprint density at radius 2 is 1.58 bits per heavy atom. The lowest BCUT2D eigenvalue weighted by molar-refractivity contribution is -0.116. The second-order valence-electron chi connectivity index (χ2n) is 9.72. The predicted molar refractivity (Wildman–Crippen MR) is 150 cm³/mol. The number of amides is 2. The fourth-order valence-corrected chi connectivity index (χ4v) is 5.09. The zero-order valence-electron chi connectivity index (χ0n) is 21.8. The number of carbonyl (C=O) groups is 2. The van der Waals surface area contributed by atoms with Crippen molar-refractivity contribution in [3.8, 4) is 0 Å². The predicted octanol–water partition coefficient (Wildman–Crippen LogP) is 4.92. The molecule has 0 unspecified atom stereocenters. The molecule has 0 bridgehead atoms. The summed E-state index contributed by atoms with van der Waals surface area (Å²) >= 11 is 0. The van der Waals surface area contributed by atoms with E-state index < -0.39 is 0 Å². The number of para-hydroxylation sites is 2. The van der Waals surface area contributed by atoms with Gasteiger partial charge in [0.2, 0.25) is 5.91 Å². The molecular formula is C31H33N5O2. The minimum atomic E-state index is -0.103. The summed E-state index contributed by atoms with van der Waals surface area (Å²) in [6.45, 7) is 5.61. The van der Waals surface area contributed by atoms with Gasteiger partial charge in [0.1, 0.15) is 5.69 Å². The standard InChI is InChI=1S/C31H33N5O2/c1-24(37)36-21-9-19-34(23-27-12-6-7-17-32-27)18-8-20-35(22-26-11-3-5-14-30(26)36)31(38)29-16-15-25-10-2-4-13-28(25)33-29/h2-7,10-17H,8-9,18-23H2,1H3. The third-order valence-corrected chi connectivity index (χ3v) is 7.00. The summed E-state index contributed by atoms with van der Waals surface area (Å²) in [6.07, 6.45) is 3.49. The number of carbonyl (C=O) groups excluding carboxylic acids is 2. The van der Waals surface area contributed by atoms with Crippen LogP contribution in [0.5, 0.6) is 0 Å². The molecule has 0 atom stereocenters. The Morgan fingerprint density at radius 3 is 2.39 bits per heavy atom. The van der Waals surface area contributed by atoms with Crippen LogP contribution in [0.4, 0.5) is 5.69 Å². The summed E-state index contributed by atoms with van der Waals surface area (Å²) in [7, 11) is 0. The van der Waals surface area contributed by atoms with Gasteiger partial charge in [0.15, 0.2) is 0 Å². The Morgan fingerprint density at radius 1 is 0.816 bits per heavy atom. The molecule has 3 heterocycles. The number of rotatable bonds is 3. The SMILES string of the molecule is CC(=O)N1CCCN(Cc2ccccn2)CCCN(C(=O)c2ccc3ccccc3n2)Cc2ccccc21. The highest BCUT2D eigenvalue weighted by molar-refractivity contribution is 5.95. The van der Waals surface area contributed by atoms with E-state index in [1.54, 1.807) is 6.92 Å². The third kappa shape index (κ3) is 6.06. The van der Waals surface area contributed by atoms with Crippen LogP contribution < -0.4 is 4.90 Å². The van der Waals surface area contributed by atoms with Gasteiger partial charge in [-0.25, -0.2) is 4.98 Å². The number of pyridine rings is 2. The van der Waals surface area contributed by atoms with Crippen molar-refractivity contribution in [3.05, 3.63) is 102 Å². The van der Waals surface area contributed by atoms with Gasteiger partial charge in [-0.1, -0.05) is 48.5 Å². The van der Waals surface area contributed by atoms with Crippen LogP contribution in [0, 0.1) is 0 Å². The van der Waals surface area contributed by atoms with E-state index in [0.717, 1.165) is 60.3 Å². The van der Waals surface area contributed by atoms with Gasteiger partial charge in [0.05, 0.1) is 11.2 Å². The smallest absolute Gasteiger partial charge is 0.272 e. The van der Waals surface area contributed by atoms with E-state index in [1.165, 1.54) is 0 Å². The summed E-state index contributed by atoms with van der Waals surface area (Å²) in [5.74, 6) is -0.104. The van der Waals surface area contributed by atoms with Crippen LogP contribution in [0.15, 0.2) is 85.1 Å². The minimum Gasteiger partial charge on any atom is -0.333 e. The van der Waals surface area contributed by atoms with E-state index >= 15 is 0 Å². The fourth-order valence-electron chi connectivity index (χ4n) is 5.09. The molecule has 2 aromatic carbocycles. The molecule has 1 aliphatic heterocycles. The topological polar surface area (TPSA) is 69.6 Å². The van der Waals surface area contributed by atoms with Crippen molar-refractivity contribution < 1.29 is 9.59 Å². The first-order chi connectivity index (χ1) is 18.6. The number of aromatic nitrogens is 2. The van der Waals surface area contributed by atoms with Crippen LogP contribution in [0.1, 0.15) is 41.5 Å². The van der Waals surface area contributed by atoms with Gasteiger partial charge in [-0.15, -0.1) is 0 Å². The van der Waals surface area contributed by atoms with Crippen molar-refractivity contribution in [3.63, 3.8) is 0 Å². The average molecular weight is 508 g/mol. The third-order valence-electron chi connectivity index (χ3n) is 7.00. The van der Waals surface area contributed by atoms with Crippen molar-refractivity contribution in [2.75, 3.05) is 31.1 Å². The van der Waals surface area contributed by atoms with Crippen LogP contribution in [0.2, 0.25) is 0 Å². The lowest BCUT2D eigenvalue weighted by Crippen LogP contribution is -2.38. The van der Waals surface area contributed by atoms with Gasteiger partial charge in [-0.3, -0.25) is 19.5 Å². The number of fused-ring (bicyclic) bond motifs is 2. The van der Waals surface area contributed by atoms with E-state index in [9.17, 15) is 9.59 Å². The molecule has 0 radical (unpaired) electrons. The Balaban J connectivity index is 1.45. The maximum atomic E-state index is 13.8. The van der Waals surface area contributed by atoms with E-state index in [-0.39, 0.29) is 11.8 Å². The van der Waals surface area contributed by atoms with Gasteiger partial charge < -0.3 is 9.80 Å². The quantitative estimate of drug-likeness (QED) is 0.394. The summed E-state index contributed by atoms with van der Waals surface area (Å²) < 4.78 is 0. The lowest BCUT2D eigenvalue weighted by atomic mass is 10.1. The lowest BCUT2D eigenvalue weighted by Gasteiger charge is -2.31. The molecule has 1 aliphatic rings. The molecule has 7 heteroatoms. The van der Waals surface area contributed by atoms with Gasteiger partial charge in [0.25, 0.3) is 5.91 Å². The highest BCUT2D eigenvalue weighted by Gasteiger charge is 2.23. The maximum Gasteiger partial charge on any atom is 0.272 e. The Labute approximate surface area is 223 Å². The van der Waals surface area contributed by atoms with Crippen LogP contribution in [-0.2, 0) is 17.9 Å². The highest BCUT2D eigenvalue weighted by atomic mass is 16.2. The molecule has 38 heavy (non-hydrogen) atoms. The molecule has 0 fully saturated rings. The van der Waals surface area contributed by atoms with E-state index in [1.807, 2.05) is 94.9 Å². The molecule has 7 nitrogen and oxygen atoms in total. The second kappa shape index (κ2) is 12.0. The van der Waals surface area contributed by atoms with Crippen molar-refractivity contribution in [2.24, 2.45) is 0 Å². The fraction of sp³-hybridized carbons (Fsp3) is 0.290. The van der Waals surface area contributed by atoms with Crippen molar-refractivity contribution >= 4 is 28.4 Å². The number of hydrogen-bond donors (Lipinski definition) is 0. The first-order valence-electron chi connectivity index (χ1n) is 13.2. The molecule has 0 saturated heterocycles.